The van der Waals surface area contributed by atoms with Crippen LogP contribution < -0.4 is 0 Å². The average molecular weight is 142 g/mol. The lowest BCUT2D eigenvalue weighted by atomic mass is 10.5. The summed E-state index contributed by atoms with van der Waals surface area (Å²) in [7, 11) is 0. The molecule has 0 aromatic rings. The van der Waals surface area contributed by atoms with Crippen molar-refractivity contribution in [2.75, 3.05) is 6.67 Å². The molecule has 50 valence electrons. The Labute approximate surface area is 59.5 Å². The van der Waals surface area contributed by atoms with Crippen molar-refractivity contribution in [3.05, 3.63) is 0 Å². The zero-order valence-electron chi connectivity index (χ0n) is 5.72. The van der Waals surface area contributed by atoms with Gasteiger partial charge in [0.15, 0.2) is 0 Å². The van der Waals surface area contributed by atoms with Gasteiger partial charge < -0.3 is 0 Å². The molecule has 0 aliphatic carbocycles. The van der Waals surface area contributed by atoms with Crippen molar-refractivity contribution in [2.45, 2.75) is 20.3 Å². The first-order valence-electron chi connectivity index (χ1n) is 3.05. The van der Waals surface area contributed by atoms with E-state index in [-0.39, 0.29) is 0 Å². The van der Waals surface area contributed by atoms with Gasteiger partial charge in [0.25, 0.3) is 0 Å². The van der Waals surface area contributed by atoms with Crippen molar-refractivity contribution in [2.24, 2.45) is 9.98 Å². The van der Waals surface area contributed by atoms with Gasteiger partial charge in [-0.3, -0.25) is 9.98 Å². The van der Waals surface area contributed by atoms with E-state index in [4.69, 9.17) is 0 Å². The molecule has 0 unspecified atom stereocenters. The minimum absolute atomic E-state index is 0.641. The van der Waals surface area contributed by atoms with Gasteiger partial charge in [0.05, 0.1) is 10.1 Å². The smallest absolute Gasteiger partial charge is 0.131 e. The van der Waals surface area contributed by atoms with E-state index in [1.807, 2.05) is 6.92 Å². The number of hydrogen-bond acceptors (Lipinski definition) is 3. The molecule has 2 nitrogen and oxygen atoms in total. The summed E-state index contributed by atoms with van der Waals surface area (Å²) < 4.78 is 0. The Morgan fingerprint density at radius 1 is 1.56 bits per heavy atom. The molecular formula is C6H10N2S. The minimum atomic E-state index is 0.641. The molecule has 0 bridgehead atoms. The maximum absolute atomic E-state index is 4.19. The van der Waals surface area contributed by atoms with Gasteiger partial charge in [-0.05, 0) is 13.3 Å². The summed E-state index contributed by atoms with van der Waals surface area (Å²) in [4.78, 5) is 8.31. The number of rotatable bonds is 1. The lowest BCUT2D eigenvalue weighted by Gasteiger charge is -2.06. The Kier molecular flexibility index (Phi) is 2.28. The second-order valence-electron chi connectivity index (χ2n) is 1.83. The predicted molar refractivity (Wildman–Crippen MR) is 43.3 cm³/mol. The monoisotopic (exact) mass is 142 g/mol. The van der Waals surface area contributed by atoms with Crippen LogP contribution in [0.3, 0.4) is 0 Å². The molecule has 9 heavy (non-hydrogen) atoms. The van der Waals surface area contributed by atoms with Gasteiger partial charge >= 0.3 is 0 Å². The van der Waals surface area contributed by atoms with E-state index in [2.05, 4.69) is 16.9 Å². The highest BCUT2D eigenvalue weighted by atomic mass is 32.2. The normalized spacial score (nSPS) is 18.9. The van der Waals surface area contributed by atoms with Crippen LogP contribution in [0.15, 0.2) is 9.98 Å². The van der Waals surface area contributed by atoms with Gasteiger partial charge in [-0.15, -0.1) is 0 Å². The highest BCUT2D eigenvalue weighted by molar-refractivity contribution is 8.26. The van der Waals surface area contributed by atoms with Crippen LogP contribution in [0.1, 0.15) is 20.3 Å². The molecule has 1 aliphatic rings. The molecule has 3 heteroatoms. The highest BCUT2D eigenvalue weighted by Gasteiger charge is 2.02. The summed E-state index contributed by atoms with van der Waals surface area (Å²) in [5.74, 6) is 0. The zero-order chi connectivity index (χ0) is 6.69. The summed E-state index contributed by atoms with van der Waals surface area (Å²) in [5.41, 5.74) is 0. The molecular weight excluding hydrogens is 132 g/mol. The van der Waals surface area contributed by atoms with Crippen molar-refractivity contribution in [3.63, 3.8) is 0 Å². The van der Waals surface area contributed by atoms with Crippen molar-refractivity contribution in [1.29, 1.82) is 0 Å². The lowest BCUT2D eigenvalue weighted by Crippen LogP contribution is -2.01. The molecule has 0 N–H and O–H groups in total. The first-order valence-corrected chi connectivity index (χ1v) is 3.87. The summed E-state index contributed by atoms with van der Waals surface area (Å²) in [5, 5.41) is 2.35. The molecule has 1 aliphatic heterocycles. The van der Waals surface area contributed by atoms with Crippen LogP contribution in [0.25, 0.3) is 0 Å². The maximum Gasteiger partial charge on any atom is 0.131 e. The maximum atomic E-state index is 4.19. The van der Waals surface area contributed by atoms with Crippen LogP contribution in [0.4, 0.5) is 0 Å². The Hall–Kier alpha value is -0.310. The number of aliphatic imine (C=N–C) groups is 2. The largest absolute Gasteiger partial charge is 0.259 e. The molecule has 1 heterocycles. The van der Waals surface area contributed by atoms with Gasteiger partial charge in [-0.25, -0.2) is 0 Å². The lowest BCUT2D eigenvalue weighted by molar-refractivity contribution is 1.06. The van der Waals surface area contributed by atoms with Gasteiger partial charge in [0.2, 0.25) is 0 Å². The van der Waals surface area contributed by atoms with Crippen LogP contribution in [0, 0.1) is 0 Å². The van der Waals surface area contributed by atoms with E-state index in [1.54, 1.807) is 11.8 Å². The summed E-state index contributed by atoms with van der Waals surface area (Å²) in [6.45, 7) is 4.78. The van der Waals surface area contributed by atoms with E-state index in [0.29, 0.717) is 6.67 Å². The average Bonchev–Trinajstić information content (AvgIpc) is 1.88. The summed E-state index contributed by atoms with van der Waals surface area (Å²) in [6.07, 6.45) is 1.04. The topological polar surface area (TPSA) is 24.7 Å². The fourth-order valence-corrected chi connectivity index (χ4v) is 1.36. The Balaban J connectivity index is 2.51. The molecule has 0 aromatic heterocycles. The fourth-order valence-electron chi connectivity index (χ4n) is 0.633. The Morgan fingerprint density at radius 2 is 2.33 bits per heavy atom. The Morgan fingerprint density at radius 3 is 2.78 bits per heavy atom. The van der Waals surface area contributed by atoms with E-state index in [1.165, 1.54) is 5.04 Å². The van der Waals surface area contributed by atoms with E-state index >= 15 is 0 Å². The van der Waals surface area contributed by atoms with Crippen LogP contribution >= 0.6 is 11.8 Å². The molecule has 0 atom stereocenters. The van der Waals surface area contributed by atoms with Gasteiger partial charge in [-0.2, -0.15) is 0 Å². The third kappa shape index (κ3) is 1.82. The van der Waals surface area contributed by atoms with Crippen LogP contribution in [-0.2, 0) is 0 Å². The summed E-state index contributed by atoms with van der Waals surface area (Å²) in [6, 6.07) is 0. The second kappa shape index (κ2) is 3.01. The molecule has 0 spiro atoms. The Bertz CT molecular complexity index is 160. The van der Waals surface area contributed by atoms with Gasteiger partial charge in [0, 0.05) is 0 Å². The van der Waals surface area contributed by atoms with Crippen molar-refractivity contribution in [3.8, 4) is 0 Å². The van der Waals surface area contributed by atoms with Crippen molar-refractivity contribution in [1.82, 2.24) is 0 Å². The van der Waals surface area contributed by atoms with Gasteiger partial charge in [-0.1, -0.05) is 18.7 Å². The van der Waals surface area contributed by atoms with E-state index < -0.39 is 0 Å². The van der Waals surface area contributed by atoms with Crippen LogP contribution in [0.2, 0.25) is 0 Å². The predicted octanol–water partition coefficient (Wildman–Crippen LogP) is 1.92. The third-order valence-corrected chi connectivity index (χ3v) is 2.19. The van der Waals surface area contributed by atoms with Crippen LogP contribution in [0.5, 0.6) is 0 Å². The van der Waals surface area contributed by atoms with Gasteiger partial charge in [0.1, 0.15) is 6.67 Å². The van der Waals surface area contributed by atoms with E-state index in [0.717, 1.165) is 11.5 Å². The molecule has 0 amide bonds. The number of nitrogens with zero attached hydrogens (tertiary/aromatic N) is 2. The van der Waals surface area contributed by atoms with Crippen molar-refractivity contribution >= 4 is 21.8 Å². The van der Waals surface area contributed by atoms with Crippen molar-refractivity contribution < 1.29 is 0 Å². The quantitative estimate of drug-likeness (QED) is 0.549. The second-order valence-corrected chi connectivity index (χ2v) is 3.09. The summed E-state index contributed by atoms with van der Waals surface area (Å²) >= 11 is 1.69. The minimum Gasteiger partial charge on any atom is -0.259 e. The third-order valence-electron chi connectivity index (χ3n) is 1.11. The molecule has 0 fully saturated rings. The molecule has 0 saturated heterocycles. The number of thioether (sulfide) groups is 1. The standard InChI is InChI=1S/C6H10N2S/c1-3-6-8-4-7-5(2)9-6/h3-4H2,1-2H3. The molecule has 0 radical (unpaired) electrons. The fraction of sp³-hybridized carbons (Fsp3) is 0.667. The number of hydrogen-bond donors (Lipinski definition) is 0. The molecule has 0 aromatic carbocycles. The van der Waals surface area contributed by atoms with E-state index in [9.17, 15) is 0 Å². The molecule has 1 rings (SSSR count). The first-order chi connectivity index (χ1) is 4.33. The highest BCUT2D eigenvalue weighted by Crippen LogP contribution is 2.13. The molecule has 0 saturated carbocycles. The first kappa shape index (κ1) is 6.81. The SMILES string of the molecule is CCC1=NCN=C(C)S1. The van der Waals surface area contributed by atoms with Crippen LogP contribution in [-0.4, -0.2) is 16.8 Å². The zero-order valence-corrected chi connectivity index (χ0v) is 6.53.